The molecule has 7 heterocycles. The van der Waals surface area contributed by atoms with Crippen LogP contribution in [0.25, 0.3) is 0 Å². The van der Waals surface area contributed by atoms with Crippen molar-refractivity contribution in [2.45, 2.75) is 87.0 Å². The third-order valence-electron chi connectivity index (χ3n) is 6.13. The molecular weight excluding hydrogens is 843 g/mol. The Bertz CT molecular complexity index is 1280. The van der Waals surface area contributed by atoms with E-state index in [1.807, 2.05) is 96.0 Å². The minimum atomic E-state index is 0.145. The molecule has 1 N–H and O–H groups in total. The highest BCUT2D eigenvalue weighted by Crippen LogP contribution is 2.04. The summed E-state index contributed by atoms with van der Waals surface area (Å²) in [5, 5.41) is 17.0. The van der Waals surface area contributed by atoms with Gasteiger partial charge in [0.25, 0.3) is 0 Å². The van der Waals surface area contributed by atoms with Crippen LogP contribution >= 0.6 is 45.3 Å². The predicted molar refractivity (Wildman–Crippen MR) is 268 cm³/mol. The van der Waals surface area contributed by atoms with Gasteiger partial charge in [0.1, 0.15) is 5.76 Å². The highest BCUT2D eigenvalue weighted by atomic mass is 32.1. The lowest BCUT2D eigenvalue weighted by atomic mass is 10.2. The maximum absolute atomic E-state index is 10.5. The Morgan fingerprint density at radius 1 is 0.574 bits per heavy atom. The number of carbonyl (C=O) groups is 1. The van der Waals surface area contributed by atoms with Crippen molar-refractivity contribution < 1.29 is 32.3 Å². The van der Waals surface area contributed by atoms with Crippen molar-refractivity contribution in [3.05, 3.63) is 164 Å². The smallest absolute Gasteiger partial charge is 0.219 e. The van der Waals surface area contributed by atoms with E-state index in [2.05, 4.69) is 87.8 Å². The lowest BCUT2D eigenvalue weighted by Crippen LogP contribution is -2.16. The second-order valence-electron chi connectivity index (χ2n) is 11.6. The van der Waals surface area contributed by atoms with E-state index in [9.17, 15) is 4.79 Å². The molecule has 0 aliphatic heterocycles. The van der Waals surface area contributed by atoms with E-state index in [0.29, 0.717) is 6.42 Å². The molecule has 0 bridgehead atoms. The topological polar surface area (TPSA) is 96.2 Å². The minimum absolute atomic E-state index is 0.145. The molecular formula is C49H77NO7S4. The Morgan fingerprint density at radius 3 is 1.25 bits per heavy atom. The summed E-state index contributed by atoms with van der Waals surface area (Å²) in [6.45, 7) is 17.0. The average Bonchev–Trinajstić information content (AvgIpc) is 4.15. The molecule has 0 saturated heterocycles. The molecule has 0 radical (unpaired) electrons. The van der Waals surface area contributed by atoms with Crippen molar-refractivity contribution >= 4 is 51.3 Å². The van der Waals surface area contributed by atoms with Gasteiger partial charge in [-0.3, -0.25) is 4.79 Å². The first-order valence-electron chi connectivity index (χ1n) is 20.3. The molecule has 0 aromatic carbocycles. The van der Waals surface area contributed by atoms with E-state index in [1.54, 1.807) is 105 Å². The maximum atomic E-state index is 10.5. The van der Waals surface area contributed by atoms with Gasteiger partial charge in [-0.05, 0) is 139 Å². The second-order valence-corrected chi connectivity index (χ2v) is 15.2. The standard InChI is InChI=1S/C6H13NO.C5H6O.C5H12O.2C5H6S.2C4H4O.C4H10O.2C4H4S.C3H8O/c1-3-4-5-6(8)7-2;1-5-3-2-4-6-5;1-3-4-5-6-2;1-5-2-3-6-4-5;1-5-3-2-4-6-5;2*1-2-4-5-3-1;1-3-4-5-2;2*1-2-4-5-3-1;1-3-4-2/h3-5H2,1-2H3,(H,7,8);2-4H,1H3;3-5H2,1-2H3;2*2-4H,1H3;2*1-4H;3-4H2,1-2H3;2*1-4H;3H2,1-2H3. The number of furan rings is 3. The van der Waals surface area contributed by atoms with Crippen LogP contribution in [0.15, 0.2) is 161 Å². The zero-order valence-electron chi connectivity index (χ0n) is 38.8. The summed E-state index contributed by atoms with van der Waals surface area (Å²) in [5.41, 5.74) is 1.36. The van der Waals surface area contributed by atoms with E-state index in [1.165, 1.54) is 23.3 Å². The molecule has 0 fully saturated rings. The van der Waals surface area contributed by atoms with Crippen LogP contribution in [0.4, 0.5) is 0 Å². The van der Waals surface area contributed by atoms with E-state index in [-0.39, 0.29) is 5.91 Å². The van der Waals surface area contributed by atoms with E-state index in [4.69, 9.17) is 13.9 Å². The number of aryl methyl sites for hydroxylation is 3. The van der Waals surface area contributed by atoms with Crippen LogP contribution in [0, 0.1) is 20.8 Å². The number of nitrogens with one attached hydrogen (secondary N) is 1. The number of ether oxygens (including phenoxy) is 3. The molecule has 0 aliphatic carbocycles. The molecule has 61 heavy (non-hydrogen) atoms. The highest BCUT2D eigenvalue weighted by molar-refractivity contribution is 7.09. The quantitative estimate of drug-likeness (QED) is 0.144. The third kappa shape index (κ3) is 68.0. The molecule has 0 spiro atoms. The first-order chi connectivity index (χ1) is 29.7. The van der Waals surface area contributed by atoms with Crippen molar-refractivity contribution in [2.75, 3.05) is 48.2 Å². The largest absolute Gasteiger partial charge is 0.473 e. The monoisotopic (exact) mass is 919 g/mol. The zero-order valence-corrected chi connectivity index (χ0v) is 42.1. The Morgan fingerprint density at radius 2 is 1.10 bits per heavy atom. The van der Waals surface area contributed by atoms with Gasteiger partial charge < -0.3 is 32.8 Å². The lowest BCUT2D eigenvalue weighted by Gasteiger charge is -1.94. The number of thiophene rings is 4. The second kappa shape index (κ2) is 60.3. The zero-order chi connectivity index (χ0) is 46.1. The van der Waals surface area contributed by atoms with Gasteiger partial charge in [0, 0.05) is 59.5 Å². The number of amides is 1. The number of rotatable bonds is 9. The summed E-state index contributed by atoms with van der Waals surface area (Å²) >= 11 is 6.94. The predicted octanol–water partition coefficient (Wildman–Crippen LogP) is 15.8. The van der Waals surface area contributed by atoms with Crippen LogP contribution < -0.4 is 5.32 Å². The van der Waals surface area contributed by atoms with E-state index in [0.717, 1.165) is 44.8 Å². The number of hydrogen-bond acceptors (Lipinski definition) is 11. The molecule has 0 aliphatic rings. The Hall–Kier alpha value is -4.01. The van der Waals surface area contributed by atoms with Crippen LogP contribution in [0.5, 0.6) is 0 Å². The first-order valence-corrected chi connectivity index (χ1v) is 24.0. The summed E-state index contributed by atoms with van der Waals surface area (Å²) in [7, 11) is 6.79. The van der Waals surface area contributed by atoms with E-state index < -0.39 is 0 Å². The normalized spacial score (nSPS) is 8.44. The van der Waals surface area contributed by atoms with E-state index >= 15 is 0 Å². The number of carbonyl (C=O) groups excluding carboxylic acids is 1. The molecule has 344 valence electrons. The summed E-state index contributed by atoms with van der Waals surface area (Å²) in [6.07, 6.45) is 14.5. The van der Waals surface area contributed by atoms with Gasteiger partial charge in [-0.1, -0.05) is 63.9 Å². The molecule has 0 atom stereocenters. The van der Waals surface area contributed by atoms with Gasteiger partial charge in [0.05, 0.1) is 31.3 Å². The molecule has 8 nitrogen and oxygen atoms in total. The fourth-order valence-electron chi connectivity index (χ4n) is 2.92. The summed E-state index contributed by atoms with van der Waals surface area (Å²) in [5.74, 6) is 1.11. The van der Waals surface area contributed by atoms with Gasteiger partial charge in [-0.25, -0.2) is 0 Å². The van der Waals surface area contributed by atoms with Gasteiger partial charge >= 0.3 is 0 Å². The van der Waals surface area contributed by atoms with Crippen LogP contribution in [0.3, 0.4) is 0 Å². The Balaban J connectivity index is -0.000000294. The molecule has 12 heteroatoms. The van der Waals surface area contributed by atoms with Crippen molar-refractivity contribution in [1.29, 1.82) is 0 Å². The van der Waals surface area contributed by atoms with Gasteiger partial charge in [0.15, 0.2) is 0 Å². The molecule has 0 unspecified atom stereocenters. The summed E-state index contributed by atoms with van der Waals surface area (Å²) in [6, 6.07) is 25.5. The SMILES string of the molecule is CCCCC(=O)NC.CCCCOC.CCCOC.CCOC.Cc1ccco1.Cc1cccs1.Cc1ccsc1.c1ccoc1.c1ccoc1.c1ccsc1.c1ccsc1. The molecule has 7 rings (SSSR count). The number of unbranched alkanes of at least 4 members (excludes halogenated alkanes) is 2. The molecule has 7 aromatic heterocycles. The van der Waals surface area contributed by atoms with Crippen molar-refractivity contribution in [3.8, 4) is 0 Å². The minimum Gasteiger partial charge on any atom is -0.473 e. The molecule has 7 aromatic rings. The van der Waals surface area contributed by atoms with Gasteiger partial charge in [0.2, 0.25) is 5.91 Å². The fourth-order valence-corrected chi connectivity index (χ4v) is 5.02. The van der Waals surface area contributed by atoms with Gasteiger partial charge in [-0.2, -0.15) is 34.0 Å². The Labute approximate surface area is 385 Å². The van der Waals surface area contributed by atoms with Crippen molar-refractivity contribution in [1.82, 2.24) is 5.32 Å². The number of methoxy groups -OCH3 is 3. The van der Waals surface area contributed by atoms with Crippen molar-refractivity contribution in [3.63, 3.8) is 0 Å². The fraction of sp³-hybridized carbons (Fsp3) is 0.408. The molecule has 0 saturated carbocycles. The lowest BCUT2D eigenvalue weighted by molar-refractivity contribution is -0.120. The van der Waals surface area contributed by atoms with Crippen LogP contribution in [0.1, 0.15) is 82.4 Å². The number of hydrogen-bond donors (Lipinski definition) is 1. The summed E-state index contributed by atoms with van der Waals surface area (Å²) < 4.78 is 28.0. The first kappa shape index (κ1) is 63.6. The van der Waals surface area contributed by atoms with Crippen LogP contribution in [-0.2, 0) is 19.0 Å². The average molecular weight is 920 g/mol. The van der Waals surface area contributed by atoms with Crippen LogP contribution in [-0.4, -0.2) is 54.1 Å². The molecule has 1 amide bonds. The van der Waals surface area contributed by atoms with Crippen LogP contribution in [0.2, 0.25) is 0 Å². The maximum Gasteiger partial charge on any atom is 0.219 e. The van der Waals surface area contributed by atoms with Crippen molar-refractivity contribution in [2.24, 2.45) is 0 Å². The summed E-state index contributed by atoms with van der Waals surface area (Å²) in [4.78, 5) is 11.8. The third-order valence-corrected chi connectivity index (χ3v) is 8.99. The highest BCUT2D eigenvalue weighted by Gasteiger charge is 1.92. The Kier molecular flexibility index (Phi) is 62.9. The van der Waals surface area contributed by atoms with Gasteiger partial charge in [-0.15, -0.1) is 11.3 Å².